The Bertz CT molecular complexity index is 835. The van der Waals surface area contributed by atoms with Crippen molar-refractivity contribution in [1.82, 2.24) is 4.72 Å². The van der Waals surface area contributed by atoms with Crippen LogP contribution in [0.1, 0.15) is 11.1 Å². The lowest BCUT2D eigenvalue weighted by Crippen LogP contribution is -2.33. The van der Waals surface area contributed by atoms with Crippen LogP contribution in [0.3, 0.4) is 0 Å². The van der Waals surface area contributed by atoms with E-state index in [4.69, 9.17) is 11.6 Å². The fraction of sp³-hybridized carbons (Fsp3) is 0.188. The summed E-state index contributed by atoms with van der Waals surface area (Å²) < 4.78 is 26.6. The van der Waals surface area contributed by atoms with Gasteiger partial charge in [-0.1, -0.05) is 29.8 Å². The number of carbonyl (C=O) groups excluding carboxylic acids is 1. The Morgan fingerprint density at radius 3 is 2.57 bits per heavy atom. The molecule has 0 aliphatic heterocycles. The van der Waals surface area contributed by atoms with Crippen molar-refractivity contribution in [1.29, 1.82) is 0 Å². The maximum atomic E-state index is 12.2. The van der Waals surface area contributed by atoms with Crippen LogP contribution in [-0.4, -0.2) is 20.9 Å². The molecular weight excluding hydrogens is 336 g/mol. The van der Waals surface area contributed by atoms with Crippen molar-refractivity contribution in [2.45, 2.75) is 18.7 Å². The van der Waals surface area contributed by atoms with E-state index in [2.05, 4.69) is 10.0 Å². The Labute approximate surface area is 140 Å². The average Bonchev–Trinajstić information content (AvgIpc) is 2.49. The van der Waals surface area contributed by atoms with Crippen molar-refractivity contribution in [3.63, 3.8) is 0 Å². The van der Waals surface area contributed by atoms with E-state index in [-0.39, 0.29) is 11.4 Å². The van der Waals surface area contributed by atoms with Crippen LogP contribution in [0, 0.1) is 13.8 Å². The largest absolute Gasteiger partial charge is 0.325 e. The number of anilines is 1. The van der Waals surface area contributed by atoms with E-state index in [9.17, 15) is 13.2 Å². The van der Waals surface area contributed by atoms with E-state index < -0.39 is 15.9 Å². The van der Waals surface area contributed by atoms with Gasteiger partial charge in [-0.25, -0.2) is 13.1 Å². The Morgan fingerprint density at radius 2 is 1.87 bits per heavy atom. The van der Waals surface area contributed by atoms with Gasteiger partial charge in [-0.3, -0.25) is 4.79 Å². The molecule has 122 valence electrons. The van der Waals surface area contributed by atoms with Gasteiger partial charge >= 0.3 is 0 Å². The first-order valence-electron chi connectivity index (χ1n) is 6.90. The molecule has 2 N–H and O–H groups in total. The molecule has 0 saturated carbocycles. The zero-order valence-electron chi connectivity index (χ0n) is 12.8. The Kier molecular flexibility index (Phi) is 5.41. The molecule has 7 heteroatoms. The molecular formula is C16H17ClN2O3S. The maximum Gasteiger partial charge on any atom is 0.241 e. The van der Waals surface area contributed by atoms with Gasteiger partial charge in [-0.15, -0.1) is 0 Å². The minimum atomic E-state index is -3.73. The highest BCUT2D eigenvalue weighted by Gasteiger charge is 2.15. The molecule has 0 atom stereocenters. The number of aryl methyl sites for hydroxylation is 2. The monoisotopic (exact) mass is 352 g/mol. The number of sulfonamides is 1. The molecule has 0 bridgehead atoms. The lowest BCUT2D eigenvalue weighted by Gasteiger charge is -2.10. The number of carbonyl (C=O) groups is 1. The topological polar surface area (TPSA) is 75.3 Å². The fourth-order valence-electron chi connectivity index (χ4n) is 1.95. The molecule has 1 amide bonds. The number of hydrogen-bond donors (Lipinski definition) is 2. The van der Waals surface area contributed by atoms with E-state index in [0.29, 0.717) is 10.7 Å². The zero-order valence-corrected chi connectivity index (χ0v) is 14.3. The summed E-state index contributed by atoms with van der Waals surface area (Å²) in [6.07, 6.45) is 0. The maximum absolute atomic E-state index is 12.2. The quantitative estimate of drug-likeness (QED) is 0.868. The molecule has 2 aromatic rings. The minimum Gasteiger partial charge on any atom is -0.325 e. The summed E-state index contributed by atoms with van der Waals surface area (Å²) >= 11 is 5.88. The van der Waals surface area contributed by atoms with Crippen molar-refractivity contribution >= 4 is 33.2 Å². The van der Waals surface area contributed by atoms with Gasteiger partial charge in [0, 0.05) is 10.7 Å². The molecule has 0 heterocycles. The lowest BCUT2D eigenvalue weighted by atomic mass is 10.2. The highest BCUT2D eigenvalue weighted by Crippen LogP contribution is 2.20. The smallest absolute Gasteiger partial charge is 0.241 e. The number of rotatable bonds is 5. The highest BCUT2D eigenvalue weighted by atomic mass is 35.5. The predicted molar refractivity (Wildman–Crippen MR) is 91.2 cm³/mol. The Balaban J connectivity index is 2.02. The van der Waals surface area contributed by atoms with Crippen LogP contribution in [-0.2, 0) is 14.8 Å². The van der Waals surface area contributed by atoms with Crippen molar-refractivity contribution in [3.05, 3.63) is 58.6 Å². The summed E-state index contributed by atoms with van der Waals surface area (Å²) in [4.78, 5) is 12.1. The molecule has 2 rings (SSSR count). The van der Waals surface area contributed by atoms with Crippen molar-refractivity contribution in [2.75, 3.05) is 11.9 Å². The molecule has 0 aliphatic carbocycles. The van der Waals surface area contributed by atoms with Gasteiger partial charge in [-0.2, -0.15) is 0 Å². The van der Waals surface area contributed by atoms with Crippen LogP contribution in [0.2, 0.25) is 5.02 Å². The number of halogens is 1. The molecule has 0 aromatic heterocycles. The van der Waals surface area contributed by atoms with E-state index in [0.717, 1.165) is 11.1 Å². The Hall–Kier alpha value is -1.89. The van der Waals surface area contributed by atoms with Crippen molar-refractivity contribution in [3.8, 4) is 0 Å². The average molecular weight is 353 g/mol. The van der Waals surface area contributed by atoms with E-state index in [1.54, 1.807) is 43.3 Å². The second-order valence-corrected chi connectivity index (χ2v) is 7.35. The first-order chi connectivity index (χ1) is 10.8. The minimum absolute atomic E-state index is 0.129. The third-order valence-corrected chi connectivity index (χ3v) is 4.83. The van der Waals surface area contributed by atoms with E-state index >= 15 is 0 Å². The molecule has 5 nitrogen and oxygen atoms in total. The molecule has 0 radical (unpaired) electrons. The SMILES string of the molecule is Cc1cccc(S(=O)(=O)NCC(=O)Nc2cc(Cl)ccc2C)c1. The predicted octanol–water partition coefficient (Wildman–Crippen LogP) is 2.87. The summed E-state index contributed by atoms with van der Waals surface area (Å²) in [5.41, 5.74) is 2.22. The normalized spacial score (nSPS) is 11.3. The van der Waals surface area contributed by atoms with Gasteiger partial charge < -0.3 is 5.32 Å². The highest BCUT2D eigenvalue weighted by molar-refractivity contribution is 7.89. The van der Waals surface area contributed by atoms with Crippen LogP contribution in [0.15, 0.2) is 47.4 Å². The summed E-state index contributed by atoms with van der Waals surface area (Å²) in [5, 5.41) is 3.13. The van der Waals surface area contributed by atoms with Crippen LogP contribution in [0.25, 0.3) is 0 Å². The van der Waals surface area contributed by atoms with Crippen LogP contribution < -0.4 is 10.0 Å². The van der Waals surface area contributed by atoms with Crippen LogP contribution in [0.4, 0.5) is 5.69 Å². The lowest BCUT2D eigenvalue weighted by molar-refractivity contribution is -0.115. The van der Waals surface area contributed by atoms with Gasteiger partial charge in [0.1, 0.15) is 0 Å². The second-order valence-electron chi connectivity index (χ2n) is 5.15. The first kappa shape index (κ1) is 17.5. The summed E-state index contributed by atoms with van der Waals surface area (Å²) in [7, 11) is -3.73. The van der Waals surface area contributed by atoms with Crippen LogP contribution >= 0.6 is 11.6 Å². The molecule has 0 unspecified atom stereocenters. The standard InChI is InChI=1S/C16H17ClN2O3S/c1-11-4-3-5-14(8-11)23(21,22)18-10-16(20)19-15-9-13(17)7-6-12(15)2/h3-9,18H,10H2,1-2H3,(H,19,20). The third kappa shape index (κ3) is 4.79. The van der Waals surface area contributed by atoms with Crippen molar-refractivity contribution in [2.24, 2.45) is 0 Å². The van der Waals surface area contributed by atoms with Gasteiger partial charge in [0.2, 0.25) is 15.9 Å². The summed E-state index contributed by atoms with van der Waals surface area (Å²) in [5.74, 6) is -0.466. The molecule has 23 heavy (non-hydrogen) atoms. The molecule has 2 aromatic carbocycles. The number of nitrogens with one attached hydrogen (secondary N) is 2. The number of amides is 1. The van der Waals surface area contributed by atoms with E-state index in [1.807, 2.05) is 6.92 Å². The van der Waals surface area contributed by atoms with Gasteiger partial charge in [0.05, 0.1) is 11.4 Å². The summed E-state index contributed by atoms with van der Waals surface area (Å²) in [6, 6.07) is 11.6. The third-order valence-electron chi connectivity index (χ3n) is 3.20. The molecule has 0 aliphatic rings. The van der Waals surface area contributed by atoms with Gasteiger partial charge in [0.25, 0.3) is 0 Å². The van der Waals surface area contributed by atoms with Crippen molar-refractivity contribution < 1.29 is 13.2 Å². The first-order valence-corrected chi connectivity index (χ1v) is 8.76. The second kappa shape index (κ2) is 7.12. The van der Waals surface area contributed by atoms with E-state index in [1.165, 1.54) is 6.07 Å². The Morgan fingerprint density at radius 1 is 1.13 bits per heavy atom. The number of benzene rings is 2. The van der Waals surface area contributed by atoms with Gasteiger partial charge in [-0.05, 0) is 49.2 Å². The summed E-state index contributed by atoms with van der Waals surface area (Å²) in [6.45, 7) is 3.26. The fourth-order valence-corrected chi connectivity index (χ4v) is 3.21. The number of hydrogen-bond acceptors (Lipinski definition) is 3. The molecule has 0 saturated heterocycles. The molecule has 0 spiro atoms. The molecule has 0 fully saturated rings. The zero-order chi connectivity index (χ0) is 17.0. The van der Waals surface area contributed by atoms with Gasteiger partial charge in [0.15, 0.2) is 0 Å². The van der Waals surface area contributed by atoms with Crippen LogP contribution in [0.5, 0.6) is 0 Å².